The predicted molar refractivity (Wildman–Crippen MR) is 88.4 cm³/mol. The largest absolute Gasteiger partial charge is 0.390 e. The van der Waals surface area contributed by atoms with E-state index in [2.05, 4.69) is 15.6 Å². The molecule has 2 aromatic rings. The Balaban J connectivity index is 2.07. The Hall–Kier alpha value is -1.37. The van der Waals surface area contributed by atoms with Gasteiger partial charge in [-0.25, -0.2) is 4.98 Å². The van der Waals surface area contributed by atoms with E-state index in [-0.39, 0.29) is 11.8 Å². The van der Waals surface area contributed by atoms with Crippen LogP contribution in [-0.4, -0.2) is 34.5 Å². The van der Waals surface area contributed by atoms with Crippen molar-refractivity contribution in [3.05, 3.63) is 18.2 Å². The molecule has 1 aromatic heterocycles. The van der Waals surface area contributed by atoms with E-state index in [9.17, 15) is 9.90 Å². The first-order valence-corrected chi connectivity index (χ1v) is 8.15. The molecule has 1 amide bonds. The monoisotopic (exact) mass is 327 g/mol. The predicted octanol–water partition coefficient (Wildman–Crippen LogP) is 3.05. The van der Waals surface area contributed by atoms with Crippen molar-refractivity contribution in [3.63, 3.8) is 0 Å². The highest BCUT2D eigenvalue weighted by Crippen LogP contribution is 2.28. The second kappa shape index (κ2) is 7.59. The van der Waals surface area contributed by atoms with Gasteiger partial charge in [-0.3, -0.25) is 4.79 Å². The molecule has 0 bridgehead atoms. The summed E-state index contributed by atoms with van der Waals surface area (Å²) in [5.41, 5.74) is 1.73. The molecule has 1 unspecified atom stereocenters. The zero-order valence-corrected chi connectivity index (χ0v) is 13.3. The molecule has 7 heteroatoms. The van der Waals surface area contributed by atoms with Crippen LogP contribution in [0.1, 0.15) is 19.8 Å². The molecule has 0 spiro atoms. The summed E-state index contributed by atoms with van der Waals surface area (Å²) >= 11 is 6.99. The topological polar surface area (TPSA) is 74.2 Å². The number of halogens is 1. The van der Waals surface area contributed by atoms with Crippen molar-refractivity contribution in [2.45, 2.75) is 25.9 Å². The van der Waals surface area contributed by atoms with Crippen molar-refractivity contribution >= 4 is 49.9 Å². The number of aromatic nitrogens is 1. The Labute approximate surface area is 132 Å². The highest BCUT2D eigenvalue weighted by atomic mass is 35.5. The van der Waals surface area contributed by atoms with Gasteiger partial charge in [-0.05, 0) is 24.6 Å². The van der Waals surface area contributed by atoms with Crippen molar-refractivity contribution in [1.82, 2.24) is 4.98 Å². The quantitative estimate of drug-likeness (QED) is 0.683. The summed E-state index contributed by atoms with van der Waals surface area (Å²) in [6.45, 7) is 2.36. The molecule has 1 atom stereocenters. The number of aliphatic hydroxyl groups excluding tert-OH is 1. The van der Waals surface area contributed by atoms with Gasteiger partial charge in [-0.15, -0.1) is 11.6 Å². The van der Waals surface area contributed by atoms with Gasteiger partial charge in [0, 0.05) is 18.7 Å². The minimum atomic E-state index is -0.576. The summed E-state index contributed by atoms with van der Waals surface area (Å²) in [5.74, 6) is 0.184. The molecule has 0 saturated carbocycles. The van der Waals surface area contributed by atoms with Crippen molar-refractivity contribution in [3.8, 4) is 0 Å². The number of hydrogen-bond acceptors (Lipinski definition) is 5. The molecule has 21 heavy (non-hydrogen) atoms. The fourth-order valence-corrected chi connectivity index (χ4v) is 2.82. The van der Waals surface area contributed by atoms with Crippen LogP contribution in [0.2, 0.25) is 0 Å². The second-order valence-corrected chi connectivity index (χ2v) is 6.03. The lowest BCUT2D eigenvalue weighted by Crippen LogP contribution is -2.20. The van der Waals surface area contributed by atoms with Gasteiger partial charge in [0.05, 0.1) is 22.2 Å². The van der Waals surface area contributed by atoms with E-state index in [1.807, 2.05) is 25.1 Å². The highest BCUT2D eigenvalue weighted by Gasteiger charge is 2.08. The zero-order valence-electron chi connectivity index (χ0n) is 11.7. The number of nitrogens with zero attached hydrogens (tertiary/aromatic N) is 1. The number of fused-ring (bicyclic) bond motifs is 1. The number of carbonyl (C=O) groups is 1. The van der Waals surface area contributed by atoms with Crippen molar-refractivity contribution in [1.29, 1.82) is 0 Å². The summed E-state index contributed by atoms with van der Waals surface area (Å²) in [4.78, 5) is 15.9. The molecule has 1 aromatic carbocycles. The Morgan fingerprint density at radius 3 is 3.05 bits per heavy atom. The van der Waals surface area contributed by atoms with Crippen LogP contribution in [0.4, 0.5) is 10.8 Å². The smallest absolute Gasteiger partial charge is 0.226 e. The van der Waals surface area contributed by atoms with Crippen LogP contribution in [0, 0.1) is 0 Å². The Morgan fingerprint density at radius 1 is 1.52 bits per heavy atom. The van der Waals surface area contributed by atoms with Crippen LogP contribution in [0.25, 0.3) is 10.2 Å². The molecule has 0 aliphatic rings. The first-order valence-electron chi connectivity index (χ1n) is 6.80. The standard InChI is InChI=1S/C14H18ClN3O2S/c1-2-3-13(20)18-14-17-11-5-4-9(6-12(11)21-14)16-8-10(19)7-15/h4-6,10,16,19H,2-3,7-8H2,1H3,(H,17,18,20). The van der Waals surface area contributed by atoms with E-state index < -0.39 is 6.10 Å². The van der Waals surface area contributed by atoms with Crippen LogP contribution in [0.5, 0.6) is 0 Å². The van der Waals surface area contributed by atoms with Crippen LogP contribution in [0.15, 0.2) is 18.2 Å². The minimum Gasteiger partial charge on any atom is -0.390 e. The number of nitrogens with one attached hydrogen (secondary N) is 2. The number of anilines is 2. The van der Waals surface area contributed by atoms with Gasteiger partial charge in [-0.2, -0.15) is 0 Å². The Kier molecular flexibility index (Phi) is 5.78. The molecule has 0 radical (unpaired) electrons. The van der Waals surface area contributed by atoms with Crippen molar-refractivity contribution in [2.24, 2.45) is 0 Å². The van der Waals surface area contributed by atoms with Gasteiger partial charge in [0.1, 0.15) is 0 Å². The van der Waals surface area contributed by atoms with Gasteiger partial charge >= 0.3 is 0 Å². The Morgan fingerprint density at radius 2 is 2.33 bits per heavy atom. The summed E-state index contributed by atoms with van der Waals surface area (Å²) < 4.78 is 0.979. The van der Waals surface area contributed by atoms with Gasteiger partial charge in [0.15, 0.2) is 5.13 Å². The normalized spacial score (nSPS) is 12.3. The molecular weight excluding hydrogens is 310 g/mol. The third kappa shape index (κ3) is 4.56. The third-order valence-electron chi connectivity index (χ3n) is 2.83. The molecule has 3 N–H and O–H groups in total. The van der Waals surface area contributed by atoms with Gasteiger partial charge in [-0.1, -0.05) is 18.3 Å². The summed E-state index contributed by atoms with van der Waals surface area (Å²) in [6, 6.07) is 5.72. The molecule has 0 saturated heterocycles. The molecule has 0 aliphatic heterocycles. The maximum Gasteiger partial charge on any atom is 0.226 e. The van der Waals surface area contributed by atoms with Crippen LogP contribution in [-0.2, 0) is 4.79 Å². The number of benzene rings is 1. The number of thiazole rings is 1. The average molecular weight is 328 g/mol. The average Bonchev–Trinajstić information content (AvgIpc) is 2.86. The summed E-state index contributed by atoms with van der Waals surface area (Å²) in [5, 5.41) is 16.0. The first kappa shape index (κ1) is 16.0. The minimum absolute atomic E-state index is 0.0138. The van der Waals surface area contributed by atoms with Gasteiger partial charge in [0.2, 0.25) is 5.91 Å². The molecule has 5 nitrogen and oxygen atoms in total. The van der Waals surface area contributed by atoms with Crippen LogP contribution >= 0.6 is 22.9 Å². The number of aliphatic hydroxyl groups is 1. The number of amides is 1. The SMILES string of the molecule is CCCC(=O)Nc1nc2ccc(NCC(O)CCl)cc2s1. The molecule has 0 aliphatic carbocycles. The van der Waals surface area contributed by atoms with E-state index in [0.29, 0.717) is 18.1 Å². The summed E-state index contributed by atoms with van der Waals surface area (Å²) in [7, 11) is 0. The lowest BCUT2D eigenvalue weighted by Gasteiger charge is -2.09. The van der Waals surface area contributed by atoms with E-state index in [1.165, 1.54) is 11.3 Å². The molecule has 114 valence electrons. The Bertz CT molecular complexity index is 617. The van der Waals surface area contributed by atoms with Crippen LogP contribution < -0.4 is 10.6 Å². The summed E-state index contributed by atoms with van der Waals surface area (Å²) in [6.07, 6.45) is 0.736. The third-order valence-corrected chi connectivity index (χ3v) is 4.12. The number of carbonyl (C=O) groups excluding carboxylic acids is 1. The van der Waals surface area contributed by atoms with Crippen molar-refractivity contribution in [2.75, 3.05) is 23.1 Å². The highest BCUT2D eigenvalue weighted by molar-refractivity contribution is 7.22. The maximum absolute atomic E-state index is 11.6. The molecule has 0 fully saturated rings. The second-order valence-electron chi connectivity index (χ2n) is 4.69. The number of rotatable bonds is 7. The van der Waals surface area contributed by atoms with Crippen LogP contribution in [0.3, 0.4) is 0 Å². The van der Waals surface area contributed by atoms with Crippen molar-refractivity contribution < 1.29 is 9.90 Å². The first-order chi connectivity index (χ1) is 10.1. The lowest BCUT2D eigenvalue weighted by atomic mass is 10.3. The van der Waals surface area contributed by atoms with E-state index in [4.69, 9.17) is 11.6 Å². The van der Waals surface area contributed by atoms with E-state index >= 15 is 0 Å². The zero-order chi connectivity index (χ0) is 15.2. The fourth-order valence-electron chi connectivity index (χ4n) is 1.79. The number of alkyl halides is 1. The number of hydrogen-bond donors (Lipinski definition) is 3. The molecule has 1 heterocycles. The van der Waals surface area contributed by atoms with Gasteiger partial charge in [0.25, 0.3) is 0 Å². The molecular formula is C14H18ClN3O2S. The van der Waals surface area contributed by atoms with E-state index in [1.54, 1.807) is 0 Å². The molecule has 2 rings (SSSR count). The fraction of sp³-hybridized carbons (Fsp3) is 0.429. The van der Waals surface area contributed by atoms with E-state index in [0.717, 1.165) is 22.3 Å². The lowest BCUT2D eigenvalue weighted by molar-refractivity contribution is -0.116. The van der Waals surface area contributed by atoms with Gasteiger partial charge < -0.3 is 15.7 Å². The maximum atomic E-state index is 11.6.